The van der Waals surface area contributed by atoms with Crippen LogP contribution in [0.1, 0.15) is 15.9 Å². The molecule has 2 aromatic carbocycles. The SMILES string of the molecule is CN[SH]=CNS(=O)(=O)c1cc(CCNC(=O)c2cc(Cl)ccc2OC)ccc1OC. The average Bonchev–Trinajstić information content (AvgIpc) is 2.73. The summed E-state index contributed by atoms with van der Waals surface area (Å²) < 4.78 is 40.7. The predicted octanol–water partition coefficient (Wildman–Crippen LogP) is 1.97. The molecule has 0 aliphatic rings. The number of sulfonamides is 1. The van der Waals surface area contributed by atoms with E-state index in [4.69, 9.17) is 21.1 Å². The highest BCUT2D eigenvalue weighted by atomic mass is 35.5. The summed E-state index contributed by atoms with van der Waals surface area (Å²) in [6.07, 6.45) is 0.416. The summed E-state index contributed by atoms with van der Waals surface area (Å²) in [6.45, 7) is 0.290. The normalized spacial score (nSPS) is 11.7. The second-order valence-electron chi connectivity index (χ2n) is 5.94. The summed E-state index contributed by atoms with van der Waals surface area (Å²) >= 11 is 6.58. The molecule has 0 radical (unpaired) electrons. The Kier molecular flexibility index (Phi) is 9.12. The molecule has 2 rings (SSSR count). The number of nitrogens with one attached hydrogen (secondary N) is 3. The molecule has 1 amide bonds. The van der Waals surface area contributed by atoms with Crippen molar-refractivity contribution in [2.24, 2.45) is 0 Å². The summed E-state index contributed by atoms with van der Waals surface area (Å²) in [7, 11) is 0.781. The molecule has 0 atom stereocenters. The van der Waals surface area contributed by atoms with Crippen LogP contribution in [0.5, 0.6) is 11.5 Å². The van der Waals surface area contributed by atoms with E-state index in [2.05, 4.69) is 14.8 Å². The van der Waals surface area contributed by atoms with E-state index in [1.165, 1.54) is 31.8 Å². The minimum absolute atomic E-state index is 0.0212. The van der Waals surface area contributed by atoms with Crippen LogP contribution < -0.4 is 24.2 Å². The fraction of sp³-hybridized carbons (Fsp3) is 0.263. The van der Waals surface area contributed by atoms with Crippen molar-refractivity contribution in [3.05, 3.63) is 52.5 Å². The number of methoxy groups -OCH3 is 2. The molecule has 2 aromatic rings. The second kappa shape index (κ2) is 11.3. The number of carbonyl (C=O) groups excluding carboxylic acids is 1. The van der Waals surface area contributed by atoms with Gasteiger partial charge in [-0.1, -0.05) is 17.7 Å². The lowest BCUT2D eigenvalue weighted by atomic mass is 10.1. The number of thiol groups is 1. The third-order valence-electron chi connectivity index (χ3n) is 4.02. The van der Waals surface area contributed by atoms with Crippen LogP contribution in [0.3, 0.4) is 0 Å². The van der Waals surface area contributed by atoms with Crippen LogP contribution in [0.4, 0.5) is 0 Å². The number of hydrogen-bond donors (Lipinski definition) is 4. The molecular weight excluding hydrogens is 450 g/mol. The molecule has 0 fully saturated rings. The number of rotatable bonds is 10. The minimum Gasteiger partial charge on any atom is -0.496 e. The van der Waals surface area contributed by atoms with Gasteiger partial charge in [0.25, 0.3) is 5.91 Å². The van der Waals surface area contributed by atoms with Gasteiger partial charge in [-0.3, -0.25) is 9.52 Å². The molecule has 0 saturated heterocycles. The van der Waals surface area contributed by atoms with E-state index in [1.807, 2.05) is 0 Å². The number of hydrogen-bond acceptors (Lipinski definition) is 6. The van der Waals surface area contributed by atoms with Crippen LogP contribution in [0.2, 0.25) is 5.02 Å². The highest BCUT2D eigenvalue weighted by molar-refractivity contribution is 7.97. The lowest BCUT2D eigenvalue weighted by Crippen LogP contribution is -2.26. The van der Waals surface area contributed by atoms with Crippen molar-refractivity contribution < 1.29 is 22.7 Å². The zero-order valence-corrected chi connectivity index (χ0v) is 19.2. The molecule has 0 heterocycles. The van der Waals surface area contributed by atoms with Gasteiger partial charge in [0.2, 0.25) is 10.0 Å². The van der Waals surface area contributed by atoms with Crippen molar-refractivity contribution >= 4 is 44.6 Å². The smallest absolute Gasteiger partial charge is 0.255 e. The van der Waals surface area contributed by atoms with Gasteiger partial charge in [-0.15, -0.1) is 11.5 Å². The van der Waals surface area contributed by atoms with Gasteiger partial charge < -0.3 is 14.8 Å². The maximum Gasteiger partial charge on any atom is 0.255 e. The molecule has 11 heteroatoms. The van der Waals surface area contributed by atoms with Gasteiger partial charge in [0, 0.05) is 17.1 Å². The molecule has 164 valence electrons. The van der Waals surface area contributed by atoms with Gasteiger partial charge in [-0.2, -0.15) is 4.72 Å². The Labute approximate surface area is 185 Å². The largest absolute Gasteiger partial charge is 0.496 e. The van der Waals surface area contributed by atoms with Crippen LogP contribution in [0.15, 0.2) is 41.3 Å². The Morgan fingerprint density at radius 3 is 2.50 bits per heavy atom. The molecule has 3 N–H and O–H groups in total. The summed E-state index contributed by atoms with van der Waals surface area (Å²) in [4.78, 5) is 12.5. The minimum atomic E-state index is -3.79. The van der Waals surface area contributed by atoms with E-state index in [0.717, 1.165) is 5.56 Å². The Hall–Kier alpha value is -2.11. The average molecular weight is 474 g/mol. The van der Waals surface area contributed by atoms with E-state index in [1.54, 1.807) is 31.3 Å². The monoisotopic (exact) mass is 473 g/mol. The van der Waals surface area contributed by atoms with E-state index in [9.17, 15) is 13.2 Å². The molecule has 0 aliphatic heterocycles. The quantitative estimate of drug-likeness (QED) is 0.310. The Morgan fingerprint density at radius 1 is 1.13 bits per heavy atom. The number of carbonyl (C=O) groups is 1. The molecule has 0 aliphatic carbocycles. The topological polar surface area (TPSA) is 106 Å². The summed E-state index contributed by atoms with van der Waals surface area (Å²) in [5.41, 5.74) is 2.42. The highest BCUT2D eigenvalue weighted by Crippen LogP contribution is 2.25. The lowest BCUT2D eigenvalue weighted by molar-refractivity contribution is 0.0951. The first-order valence-electron chi connectivity index (χ1n) is 8.81. The van der Waals surface area contributed by atoms with E-state index in [-0.39, 0.29) is 23.1 Å². The summed E-state index contributed by atoms with van der Waals surface area (Å²) in [5, 5.41) is 3.21. The van der Waals surface area contributed by atoms with Crippen LogP contribution in [0, 0.1) is 0 Å². The first-order valence-corrected chi connectivity index (χ1v) is 11.6. The summed E-state index contributed by atoms with van der Waals surface area (Å²) in [6, 6.07) is 9.65. The first-order chi connectivity index (χ1) is 14.3. The van der Waals surface area contributed by atoms with Gasteiger partial charge >= 0.3 is 0 Å². The maximum atomic E-state index is 12.6. The van der Waals surface area contributed by atoms with Crippen molar-refractivity contribution in [1.82, 2.24) is 14.8 Å². The number of halogens is 1. The molecule has 0 bridgehead atoms. The molecule has 0 aromatic heterocycles. The van der Waals surface area contributed by atoms with Gasteiger partial charge in [0.1, 0.15) is 16.4 Å². The van der Waals surface area contributed by atoms with E-state index in [0.29, 0.717) is 34.3 Å². The first kappa shape index (κ1) is 24.2. The predicted molar refractivity (Wildman–Crippen MR) is 121 cm³/mol. The Bertz CT molecular complexity index is 1030. The van der Waals surface area contributed by atoms with Crippen molar-refractivity contribution in [2.75, 3.05) is 27.8 Å². The molecular formula is C19H24ClN3O5S2. The van der Waals surface area contributed by atoms with Gasteiger partial charge in [-0.25, -0.2) is 8.42 Å². The number of ether oxygens (including phenoxy) is 2. The highest BCUT2D eigenvalue weighted by Gasteiger charge is 2.19. The van der Waals surface area contributed by atoms with Crippen LogP contribution in [-0.2, 0) is 16.4 Å². The van der Waals surface area contributed by atoms with Crippen LogP contribution in [-0.4, -0.2) is 47.6 Å². The van der Waals surface area contributed by atoms with E-state index < -0.39 is 10.0 Å². The molecule has 30 heavy (non-hydrogen) atoms. The lowest BCUT2D eigenvalue weighted by Gasteiger charge is -2.12. The fourth-order valence-corrected chi connectivity index (χ4v) is 4.50. The molecule has 0 unspecified atom stereocenters. The van der Waals surface area contributed by atoms with Gasteiger partial charge in [0.05, 0.1) is 19.8 Å². The number of amides is 1. The van der Waals surface area contributed by atoms with Gasteiger partial charge in [-0.05, 0) is 49.4 Å². The molecule has 0 spiro atoms. The van der Waals surface area contributed by atoms with Crippen molar-refractivity contribution in [3.63, 3.8) is 0 Å². The standard InChI is InChI=1S/C19H24ClN3O5S2/c1-21-29-12-23-30(25,26)18-10-13(4-6-17(18)28-3)8-9-22-19(24)15-11-14(20)5-7-16(15)27-2/h4-7,10-12,21,23,29H,8-9H2,1-3H3,(H,22,24). The van der Waals surface area contributed by atoms with Crippen LogP contribution in [0.25, 0.3) is 0 Å². The summed E-state index contributed by atoms with van der Waals surface area (Å²) in [5.74, 6) is 0.310. The van der Waals surface area contributed by atoms with E-state index >= 15 is 0 Å². The second-order valence-corrected chi connectivity index (χ2v) is 9.02. The maximum absolute atomic E-state index is 12.6. The number of benzene rings is 2. The third-order valence-corrected chi connectivity index (χ3v) is 6.28. The Balaban J connectivity index is 2.12. The molecule has 8 nitrogen and oxygen atoms in total. The third kappa shape index (κ3) is 6.44. The van der Waals surface area contributed by atoms with Crippen molar-refractivity contribution in [2.45, 2.75) is 11.3 Å². The fourth-order valence-electron chi connectivity index (χ4n) is 2.58. The Morgan fingerprint density at radius 2 is 1.83 bits per heavy atom. The zero-order chi connectivity index (χ0) is 22.1. The van der Waals surface area contributed by atoms with Gasteiger partial charge in [0.15, 0.2) is 0 Å². The van der Waals surface area contributed by atoms with Crippen molar-refractivity contribution in [3.8, 4) is 11.5 Å². The zero-order valence-electron chi connectivity index (χ0n) is 16.7. The molecule has 0 saturated carbocycles. The van der Waals surface area contributed by atoms with Crippen molar-refractivity contribution in [1.29, 1.82) is 0 Å². The van der Waals surface area contributed by atoms with Crippen LogP contribution >= 0.6 is 23.1 Å².